The Morgan fingerprint density at radius 3 is 2.45 bits per heavy atom. The fourth-order valence-electron chi connectivity index (χ4n) is 1.65. The van der Waals surface area contributed by atoms with Crippen molar-refractivity contribution in [3.05, 3.63) is 42.5 Å². The van der Waals surface area contributed by atoms with E-state index < -0.39 is 0 Å². The Bertz CT molecular complexity index is 514. The number of aromatic nitrogens is 3. The van der Waals surface area contributed by atoms with Crippen molar-refractivity contribution in [2.45, 2.75) is 6.54 Å². The van der Waals surface area contributed by atoms with Gasteiger partial charge in [-0.25, -0.2) is 9.97 Å². The third-order valence-corrected chi connectivity index (χ3v) is 2.76. The second kappa shape index (κ2) is 7.40. The van der Waals surface area contributed by atoms with Gasteiger partial charge in [0, 0.05) is 38.1 Å². The molecule has 0 unspecified atom stereocenters. The third kappa shape index (κ3) is 4.81. The van der Waals surface area contributed by atoms with E-state index >= 15 is 0 Å². The molecule has 0 atom stereocenters. The first kappa shape index (κ1) is 14.2. The van der Waals surface area contributed by atoms with Gasteiger partial charge in [-0.15, -0.1) is 0 Å². The van der Waals surface area contributed by atoms with E-state index in [-0.39, 0.29) is 0 Å². The minimum Gasteiger partial charge on any atom is -0.369 e. The number of likely N-dealkylation sites (N-methyl/N-ethyl adjacent to an activating group) is 1. The molecule has 2 aromatic rings. The van der Waals surface area contributed by atoms with E-state index in [0.29, 0.717) is 0 Å². The van der Waals surface area contributed by atoms with E-state index in [4.69, 9.17) is 0 Å². The summed E-state index contributed by atoms with van der Waals surface area (Å²) < 4.78 is 0. The van der Waals surface area contributed by atoms with Gasteiger partial charge in [-0.05, 0) is 31.8 Å². The van der Waals surface area contributed by atoms with Crippen LogP contribution in [0.15, 0.2) is 36.9 Å². The highest BCUT2D eigenvalue weighted by Crippen LogP contribution is 2.09. The molecular weight excluding hydrogens is 252 g/mol. The van der Waals surface area contributed by atoms with Gasteiger partial charge in [0.2, 0.25) is 0 Å². The molecule has 0 spiro atoms. The summed E-state index contributed by atoms with van der Waals surface area (Å²) >= 11 is 0. The molecular formula is C14H20N6. The average molecular weight is 272 g/mol. The van der Waals surface area contributed by atoms with E-state index in [9.17, 15) is 0 Å². The molecule has 2 N–H and O–H groups in total. The highest BCUT2D eigenvalue weighted by atomic mass is 15.1. The summed E-state index contributed by atoms with van der Waals surface area (Å²) in [5.41, 5.74) is 1.17. The van der Waals surface area contributed by atoms with Gasteiger partial charge in [0.25, 0.3) is 0 Å². The lowest BCUT2D eigenvalue weighted by atomic mass is 10.3. The number of hydrogen-bond donors (Lipinski definition) is 2. The predicted molar refractivity (Wildman–Crippen MR) is 80.6 cm³/mol. The molecule has 0 bridgehead atoms. The zero-order valence-electron chi connectivity index (χ0n) is 11.9. The molecule has 6 nitrogen and oxygen atoms in total. The highest BCUT2D eigenvalue weighted by molar-refractivity contribution is 5.46. The van der Waals surface area contributed by atoms with Crippen molar-refractivity contribution in [2.24, 2.45) is 0 Å². The van der Waals surface area contributed by atoms with Gasteiger partial charge >= 0.3 is 0 Å². The normalized spacial score (nSPS) is 10.6. The Morgan fingerprint density at radius 1 is 1.05 bits per heavy atom. The fourth-order valence-corrected chi connectivity index (χ4v) is 1.65. The van der Waals surface area contributed by atoms with Crippen LogP contribution in [0.5, 0.6) is 0 Å². The summed E-state index contributed by atoms with van der Waals surface area (Å²) in [6.45, 7) is 2.54. The van der Waals surface area contributed by atoms with Crippen molar-refractivity contribution in [1.82, 2.24) is 19.9 Å². The van der Waals surface area contributed by atoms with E-state index in [0.717, 1.165) is 31.3 Å². The van der Waals surface area contributed by atoms with Crippen molar-refractivity contribution in [3.8, 4) is 0 Å². The van der Waals surface area contributed by atoms with Crippen LogP contribution in [-0.2, 0) is 6.54 Å². The second-order valence-electron chi connectivity index (χ2n) is 4.73. The summed E-state index contributed by atoms with van der Waals surface area (Å²) in [6, 6.07) is 5.87. The van der Waals surface area contributed by atoms with Crippen LogP contribution < -0.4 is 10.6 Å². The molecule has 0 amide bonds. The Labute approximate surface area is 119 Å². The van der Waals surface area contributed by atoms with Crippen molar-refractivity contribution in [2.75, 3.05) is 37.8 Å². The van der Waals surface area contributed by atoms with Crippen LogP contribution in [-0.4, -0.2) is 47.0 Å². The summed E-state index contributed by atoms with van der Waals surface area (Å²) in [4.78, 5) is 14.5. The van der Waals surface area contributed by atoms with Gasteiger partial charge in [-0.2, -0.15) is 0 Å². The lowest BCUT2D eigenvalue weighted by Gasteiger charge is -2.11. The Balaban J connectivity index is 1.86. The van der Waals surface area contributed by atoms with Crippen LogP contribution >= 0.6 is 0 Å². The maximum absolute atomic E-state index is 4.21. The summed E-state index contributed by atoms with van der Waals surface area (Å²) in [6.07, 6.45) is 5.13. The second-order valence-corrected chi connectivity index (χ2v) is 4.73. The SMILES string of the molecule is CN(C)CCNc1cc(NCc2ccncc2)ncn1. The molecule has 20 heavy (non-hydrogen) atoms. The minimum atomic E-state index is 0.719. The number of nitrogens with one attached hydrogen (secondary N) is 2. The molecule has 106 valence electrons. The van der Waals surface area contributed by atoms with Gasteiger partial charge in [-0.1, -0.05) is 0 Å². The first-order valence-corrected chi connectivity index (χ1v) is 6.57. The van der Waals surface area contributed by atoms with E-state index in [2.05, 4.69) is 30.5 Å². The monoisotopic (exact) mass is 272 g/mol. The minimum absolute atomic E-state index is 0.719. The van der Waals surface area contributed by atoms with Gasteiger partial charge in [0.05, 0.1) is 0 Å². The number of hydrogen-bond acceptors (Lipinski definition) is 6. The van der Waals surface area contributed by atoms with E-state index in [1.165, 1.54) is 5.56 Å². The number of pyridine rings is 1. The van der Waals surface area contributed by atoms with Gasteiger partial charge < -0.3 is 15.5 Å². The van der Waals surface area contributed by atoms with Crippen LogP contribution in [0.4, 0.5) is 11.6 Å². The van der Waals surface area contributed by atoms with Gasteiger partial charge in [0.1, 0.15) is 18.0 Å². The molecule has 0 aliphatic rings. The van der Waals surface area contributed by atoms with Crippen molar-refractivity contribution in [1.29, 1.82) is 0 Å². The lowest BCUT2D eigenvalue weighted by Crippen LogP contribution is -2.21. The fraction of sp³-hybridized carbons (Fsp3) is 0.357. The predicted octanol–water partition coefficient (Wildman–Crippen LogP) is 1.46. The third-order valence-electron chi connectivity index (χ3n) is 2.76. The van der Waals surface area contributed by atoms with Crippen LogP contribution in [0.25, 0.3) is 0 Å². The smallest absolute Gasteiger partial charge is 0.131 e. The van der Waals surface area contributed by atoms with E-state index in [1.807, 2.05) is 32.3 Å². The quantitative estimate of drug-likeness (QED) is 0.795. The van der Waals surface area contributed by atoms with Gasteiger partial charge in [0.15, 0.2) is 0 Å². The van der Waals surface area contributed by atoms with Crippen molar-refractivity contribution < 1.29 is 0 Å². The summed E-state index contributed by atoms with van der Waals surface area (Å²) in [5.74, 6) is 1.64. The van der Waals surface area contributed by atoms with Gasteiger partial charge in [-0.3, -0.25) is 4.98 Å². The van der Waals surface area contributed by atoms with Crippen LogP contribution in [0.1, 0.15) is 5.56 Å². The zero-order valence-corrected chi connectivity index (χ0v) is 11.9. The van der Waals surface area contributed by atoms with Crippen molar-refractivity contribution >= 4 is 11.6 Å². The topological polar surface area (TPSA) is 66.0 Å². The molecule has 2 aromatic heterocycles. The zero-order chi connectivity index (χ0) is 14.2. The molecule has 0 aliphatic heterocycles. The summed E-state index contributed by atoms with van der Waals surface area (Å²) in [5, 5.41) is 6.54. The van der Waals surface area contributed by atoms with Crippen molar-refractivity contribution in [3.63, 3.8) is 0 Å². The van der Waals surface area contributed by atoms with Crippen LogP contribution in [0.2, 0.25) is 0 Å². The maximum atomic E-state index is 4.21. The molecule has 0 aromatic carbocycles. The Morgan fingerprint density at radius 2 is 1.75 bits per heavy atom. The first-order valence-electron chi connectivity index (χ1n) is 6.57. The molecule has 2 heterocycles. The number of rotatable bonds is 7. The van der Waals surface area contributed by atoms with Crippen LogP contribution in [0, 0.1) is 0 Å². The average Bonchev–Trinajstić information content (AvgIpc) is 2.46. The summed E-state index contributed by atoms with van der Waals surface area (Å²) in [7, 11) is 4.09. The number of nitrogens with zero attached hydrogens (tertiary/aromatic N) is 4. The molecule has 0 radical (unpaired) electrons. The standard InChI is InChI=1S/C14H20N6/c1-20(2)8-7-16-13-9-14(19-11-18-13)17-10-12-3-5-15-6-4-12/h3-6,9,11H,7-8,10H2,1-2H3,(H2,16,17,18,19). The maximum Gasteiger partial charge on any atom is 0.131 e. The molecule has 2 rings (SSSR count). The Hall–Kier alpha value is -2.21. The molecule has 6 heteroatoms. The molecule has 0 fully saturated rings. The molecule has 0 saturated heterocycles. The van der Waals surface area contributed by atoms with Crippen LogP contribution in [0.3, 0.4) is 0 Å². The first-order chi connectivity index (χ1) is 9.74. The number of anilines is 2. The highest BCUT2D eigenvalue weighted by Gasteiger charge is 1.99. The Kier molecular flexibility index (Phi) is 5.25. The lowest BCUT2D eigenvalue weighted by molar-refractivity contribution is 0.425. The molecule has 0 saturated carbocycles. The van der Waals surface area contributed by atoms with E-state index in [1.54, 1.807) is 18.7 Å². The largest absolute Gasteiger partial charge is 0.369 e. The molecule has 0 aliphatic carbocycles.